The van der Waals surface area contributed by atoms with Gasteiger partial charge in [0.05, 0.1) is 11.8 Å². The van der Waals surface area contributed by atoms with E-state index in [-0.39, 0.29) is 17.2 Å². The molecule has 0 aliphatic rings. The van der Waals surface area contributed by atoms with Gasteiger partial charge in [-0.25, -0.2) is 0 Å². The van der Waals surface area contributed by atoms with Crippen LogP contribution in [0.4, 0.5) is 0 Å². The molecule has 0 aliphatic carbocycles. The van der Waals surface area contributed by atoms with E-state index in [0.29, 0.717) is 6.54 Å². The van der Waals surface area contributed by atoms with Crippen molar-refractivity contribution in [3.63, 3.8) is 0 Å². The quantitative estimate of drug-likeness (QED) is 0.452. The first-order valence-corrected chi connectivity index (χ1v) is 7.25. The zero-order valence-electron chi connectivity index (χ0n) is 9.66. The van der Waals surface area contributed by atoms with Crippen molar-refractivity contribution >= 4 is 28.5 Å². The van der Waals surface area contributed by atoms with Gasteiger partial charge in [0, 0.05) is 12.7 Å². The normalized spacial score (nSPS) is 10.2. The van der Waals surface area contributed by atoms with E-state index < -0.39 is 0 Å². The second-order valence-electron chi connectivity index (χ2n) is 3.75. The second-order valence-corrected chi connectivity index (χ2v) is 4.83. The predicted octanol–water partition coefficient (Wildman–Crippen LogP) is 2.51. The Bertz CT molecular complexity index is 358. The Labute approximate surface area is 115 Å². The van der Waals surface area contributed by atoms with Gasteiger partial charge in [-0.15, -0.1) is 0 Å². The summed E-state index contributed by atoms with van der Waals surface area (Å²) in [4.78, 5) is 15.4. The number of nitrogens with zero attached hydrogens (tertiary/aromatic N) is 1. The van der Waals surface area contributed by atoms with Crippen molar-refractivity contribution in [2.24, 2.45) is 0 Å². The van der Waals surface area contributed by atoms with Gasteiger partial charge >= 0.3 is 0 Å². The maximum atomic E-state index is 11.7. The van der Waals surface area contributed by atoms with E-state index in [1.165, 1.54) is 35.7 Å². The minimum atomic E-state index is -0.237. The van der Waals surface area contributed by atoms with Gasteiger partial charge in [-0.3, -0.25) is 9.78 Å². The summed E-state index contributed by atoms with van der Waals surface area (Å²) in [5.74, 6) is -0.311. The van der Waals surface area contributed by atoms with Crippen LogP contribution < -0.4 is 5.32 Å². The SMILES string of the molecule is O=C(NCCCCCCI)c1ccncc1O. The number of nitrogens with one attached hydrogen (secondary N) is 1. The molecule has 1 amide bonds. The van der Waals surface area contributed by atoms with E-state index in [4.69, 9.17) is 0 Å². The number of aromatic hydroxyl groups is 1. The van der Waals surface area contributed by atoms with E-state index in [1.807, 2.05) is 0 Å². The summed E-state index contributed by atoms with van der Waals surface area (Å²) in [6.45, 7) is 0.655. The van der Waals surface area contributed by atoms with E-state index in [9.17, 15) is 9.90 Å². The number of pyridine rings is 1. The van der Waals surface area contributed by atoms with Crippen LogP contribution in [0.2, 0.25) is 0 Å². The molecule has 5 heteroatoms. The van der Waals surface area contributed by atoms with Crippen molar-refractivity contribution in [1.82, 2.24) is 10.3 Å². The molecular formula is C12H17IN2O2. The van der Waals surface area contributed by atoms with Crippen LogP contribution in [0.3, 0.4) is 0 Å². The molecule has 2 N–H and O–H groups in total. The molecule has 1 rings (SSSR count). The van der Waals surface area contributed by atoms with Gasteiger partial charge in [0.25, 0.3) is 5.91 Å². The fraction of sp³-hybridized carbons (Fsp3) is 0.500. The van der Waals surface area contributed by atoms with Crippen molar-refractivity contribution in [1.29, 1.82) is 0 Å². The van der Waals surface area contributed by atoms with Crippen LogP contribution in [0.5, 0.6) is 5.75 Å². The highest BCUT2D eigenvalue weighted by Crippen LogP contribution is 2.13. The number of hydrogen-bond acceptors (Lipinski definition) is 3. The molecule has 1 heterocycles. The van der Waals surface area contributed by atoms with Gasteiger partial charge in [-0.05, 0) is 23.3 Å². The standard InChI is InChI=1S/C12H17IN2O2/c13-6-3-1-2-4-7-15-12(17)10-5-8-14-9-11(10)16/h5,8-9,16H,1-4,6-7H2,(H,15,17). The van der Waals surface area contributed by atoms with Crippen molar-refractivity contribution in [3.8, 4) is 5.75 Å². The molecule has 0 atom stereocenters. The van der Waals surface area contributed by atoms with Gasteiger partial charge in [-0.2, -0.15) is 0 Å². The van der Waals surface area contributed by atoms with Gasteiger partial charge in [0.15, 0.2) is 0 Å². The van der Waals surface area contributed by atoms with E-state index >= 15 is 0 Å². The summed E-state index contributed by atoms with van der Waals surface area (Å²) >= 11 is 2.37. The minimum Gasteiger partial charge on any atom is -0.505 e. The smallest absolute Gasteiger partial charge is 0.255 e. The molecule has 0 aromatic carbocycles. The molecule has 0 saturated carbocycles. The highest BCUT2D eigenvalue weighted by molar-refractivity contribution is 14.1. The van der Waals surface area contributed by atoms with E-state index in [1.54, 1.807) is 0 Å². The highest BCUT2D eigenvalue weighted by Gasteiger charge is 2.09. The Kier molecular flexibility index (Phi) is 6.91. The summed E-state index contributed by atoms with van der Waals surface area (Å²) in [6.07, 6.45) is 7.32. The number of alkyl halides is 1. The molecule has 0 aliphatic heterocycles. The minimum absolute atomic E-state index is 0.0742. The topological polar surface area (TPSA) is 62.2 Å². The highest BCUT2D eigenvalue weighted by atomic mass is 127. The molecule has 0 spiro atoms. The first-order valence-electron chi connectivity index (χ1n) is 5.73. The second kappa shape index (κ2) is 8.27. The Morgan fingerprint density at radius 2 is 2.12 bits per heavy atom. The fourth-order valence-electron chi connectivity index (χ4n) is 1.45. The van der Waals surface area contributed by atoms with Gasteiger partial charge in [-0.1, -0.05) is 35.4 Å². The monoisotopic (exact) mass is 348 g/mol. The Morgan fingerprint density at radius 3 is 2.82 bits per heavy atom. The third-order valence-corrected chi connectivity index (χ3v) is 3.15. The fourth-order valence-corrected chi connectivity index (χ4v) is 1.99. The lowest BCUT2D eigenvalue weighted by Gasteiger charge is -2.06. The Morgan fingerprint density at radius 1 is 1.35 bits per heavy atom. The zero-order valence-corrected chi connectivity index (χ0v) is 11.8. The van der Waals surface area contributed by atoms with E-state index in [0.717, 1.165) is 12.8 Å². The number of halogens is 1. The van der Waals surface area contributed by atoms with Gasteiger partial charge in [0.1, 0.15) is 5.75 Å². The molecule has 1 aromatic rings. The number of amides is 1. The number of carbonyl (C=O) groups is 1. The summed E-state index contributed by atoms with van der Waals surface area (Å²) in [7, 11) is 0. The number of unbranched alkanes of at least 4 members (excludes halogenated alkanes) is 3. The summed E-state index contributed by atoms with van der Waals surface area (Å²) in [5, 5.41) is 12.2. The summed E-state index contributed by atoms with van der Waals surface area (Å²) in [5.41, 5.74) is 0.285. The first-order chi connectivity index (χ1) is 8.25. The van der Waals surface area contributed by atoms with E-state index in [2.05, 4.69) is 32.9 Å². The molecule has 94 valence electrons. The van der Waals surface area contributed by atoms with Gasteiger partial charge in [0.2, 0.25) is 0 Å². The molecule has 0 fully saturated rings. The molecule has 4 nitrogen and oxygen atoms in total. The summed E-state index contributed by atoms with van der Waals surface area (Å²) < 4.78 is 1.19. The third-order valence-electron chi connectivity index (χ3n) is 2.39. The summed E-state index contributed by atoms with van der Waals surface area (Å²) in [6, 6.07) is 1.51. The number of hydrogen-bond donors (Lipinski definition) is 2. The molecule has 0 radical (unpaired) electrons. The maximum absolute atomic E-state index is 11.7. The van der Waals surface area contributed by atoms with Crippen LogP contribution >= 0.6 is 22.6 Å². The average molecular weight is 348 g/mol. The van der Waals surface area contributed by atoms with Crippen molar-refractivity contribution in [2.45, 2.75) is 25.7 Å². The molecule has 17 heavy (non-hydrogen) atoms. The Balaban J connectivity index is 2.24. The van der Waals surface area contributed by atoms with Crippen LogP contribution in [0.1, 0.15) is 36.0 Å². The lowest BCUT2D eigenvalue weighted by Crippen LogP contribution is -2.24. The van der Waals surface area contributed by atoms with Gasteiger partial charge < -0.3 is 10.4 Å². The number of aromatic nitrogens is 1. The lowest BCUT2D eigenvalue weighted by atomic mass is 10.2. The van der Waals surface area contributed by atoms with Crippen LogP contribution in [0.25, 0.3) is 0 Å². The predicted molar refractivity (Wildman–Crippen MR) is 75.6 cm³/mol. The number of carbonyl (C=O) groups excluding carboxylic acids is 1. The van der Waals surface area contributed by atoms with Crippen molar-refractivity contribution < 1.29 is 9.90 Å². The molecular weight excluding hydrogens is 331 g/mol. The lowest BCUT2D eigenvalue weighted by molar-refractivity contribution is 0.0950. The van der Waals surface area contributed by atoms with Crippen LogP contribution in [-0.4, -0.2) is 27.0 Å². The Hall–Kier alpha value is -0.850. The maximum Gasteiger partial charge on any atom is 0.255 e. The molecule has 1 aromatic heterocycles. The average Bonchev–Trinajstić information content (AvgIpc) is 2.34. The zero-order chi connectivity index (χ0) is 12.5. The van der Waals surface area contributed by atoms with Crippen molar-refractivity contribution in [3.05, 3.63) is 24.0 Å². The molecule has 0 bridgehead atoms. The number of rotatable bonds is 7. The van der Waals surface area contributed by atoms with Crippen LogP contribution in [0.15, 0.2) is 18.5 Å². The van der Waals surface area contributed by atoms with Crippen LogP contribution in [-0.2, 0) is 0 Å². The molecule has 0 saturated heterocycles. The molecule has 0 unspecified atom stereocenters. The first kappa shape index (κ1) is 14.2. The van der Waals surface area contributed by atoms with Crippen molar-refractivity contribution in [2.75, 3.05) is 11.0 Å². The third kappa shape index (κ3) is 5.34. The largest absolute Gasteiger partial charge is 0.505 e. The van der Waals surface area contributed by atoms with Crippen LogP contribution in [0, 0.1) is 0 Å².